The number of nitrogens with zero attached hydrogens (tertiary/aromatic N) is 1. The summed E-state index contributed by atoms with van der Waals surface area (Å²) in [5.41, 5.74) is 4.85. The molecule has 21 heavy (non-hydrogen) atoms. The van der Waals surface area contributed by atoms with Crippen molar-refractivity contribution in [1.29, 1.82) is 0 Å². The van der Waals surface area contributed by atoms with Crippen molar-refractivity contribution >= 4 is 28.1 Å². The minimum Gasteiger partial charge on any atom is -0.248 e. The van der Waals surface area contributed by atoms with Crippen molar-refractivity contribution in [3.63, 3.8) is 0 Å². The second kappa shape index (κ2) is 4.68. The summed E-state index contributed by atoms with van der Waals surface area (Å²) in [5, 5.41) is 1.33. The molecule has 0 fully saturated rings. The lowest BCUT2D eigenvalue weighted by atomic mass is 10.0. The highest BCUT2D eigenvalue weighted by molar-refractivity contribution is 6.31. The molecular formula is C18H11ClFN. The number of hydrogen-bond acceptors (Lipinski definition) is 1. The Bertz CT molecular complexity index is 899. The van der Waals surface area contributed by atoms with Crippen molar-refractivity contribution < 1.29 is 4.39 Å². The van der Waals surface area contributed by atoms with E-state index in [4.69, 9.17) is 11.6 Å². The maximum Gasteiger partial charge on any atom is 0.132 e. The van der Waals surface area contributed by atoms with Gasteiger partial charge in [-0.2, -0.15) is 0 Å². The Morgan fingerprint density at radius 3 is 2.76 bits per heavy atom. The molecule has 0 saturated carbocycles. The Kier molecular flexibility index (Phi) is 2.79. The van der Waals surface area contributed by atoms with E-state index < -0.39 is 0 Å². The number of aromatic nitrogens is 1. The number of pyridine rings is 1. The maximum atomic E-state index is 13.7. The minimum absolute atomic E-state index is 0.240. The van der Waals surface area contributed by atoms with Gasteiger partial charge in [-0.1, -0.05) is 35.9 Å². The van der Waals surface area contributed by atoms with Crippen LogP contribution < -0.4 is 0 Å². The number of benzene rings is 2. The summed E-state index contributed by atoms with van der Waals surface area (Å²) in [5.74, 6) is -0.240. The monoisotopic (exact) mass is 295 g/mol. The normalized spacial score (nSPS) is 13.3. The molecule has 4 rings (SSSR count). The molecule has 0 atom stereocenters. The number of allylic oxidation sites excluding steroid dienone is 1. The van der Waals surface area contributed by atoms with Gasteiger partial charge in [0.25, 0.3) is 0 Å². The van der Waals surface area contributed by atoms with Crippen LogP contribution in [0.2, 0.25) is 5.02 Å². The molecule has 3 heteroatoms. The highest BCUT2D eigenvalue weighted by Gasteiger charge is 2.18. The summed E-state index contributed by atoms with van der Waals surface area (Å²) in [6.07, 6.45) is 2.94. The van der Waals surface area contributed by atoms with E-state index in [1.54, 1.807) is 12.1 Å². The van der Waals surface area contributed by atoms with Gasteiger partial charge in [-0.15, -0.1) is 0 Å². The molecule has 3 aromatic rings. The standard InChI is InChI=1S/C18H11ClFN/c19-15-4-1-3-11-12(15)7-8-13(11)18-10-9-14-16(20)5-2-6-17(14)21-18/h1-6,8-10H,7H2. The van der Waals surface area contributed by atoms with Crippen LogP contribution in [0.4, 0.5) is 4.39 Å². The summed E-state index contributed by atoms with van der Waals surface area (Å²) in [6, 6.07) is 14.5. The van der Waals surface area contributed by atoms with E-state index >= 15 is 0 Å². The van der Waals surface area contributed by atoms with E-state index in [0.717, 1.165) is 33.8 Å². The Morgan fingerprint density at radius 1 is 1.00 bits per heavy atom. The first kappa shape index (κ1) is 12.5. The quantitative estimate of drug-likeness (QED) is 0.614. The van der Waals surface area contributed by atoms with Gasteiger partial charge >= 0.3 is 0 Å². The first-order valence-corrected chi connectivity index (χ1v) is 7.15. The van der Waals surface area contributed by atoms with Crippen LogP contribution >= 0.6 is 11.6 Å². The molecule has 102 valence electrons. The molecule has 0 N–H and O–H groups in total. The van der Waals surface area contributed by atoms with Gasteiger partial charge in [-0.05, 0) is 47.9 Å². The average Bonchev–Trinajstić information content (AvgIpc) is 2.92. The fraction of sp³-hybridized carbons (Fsp3) is 0.0556. The third kappa shape index (κ3) is 1.95. The first-order valence-electron chi connectivity index (χ1n) is 6.77. The van der Waals surface area contributed by atoms with Crippen LogP contribution in [0.25, 0.3) is 16.5 Å². The Morgan fingerprint density at radius 2 is 1.86 bits per heavy atom. The fourth-order valence-corrected chi connectivity index (χ4v) is 3.09. The van der Waals surface area contributed by atoms with Crippen LogP contribution in [-0.2, 0) is 6.42 Å². The average molecular weight is 296 g/mol. The molecular weight excluding hydrogens is 285 g/mol. The highest BCUT2D eigenvalue weighted by atomic mass is 35.5. The Balaban J connectivity index is 1.88. The molecule has 1 aliphatic rings. The third-order valence-electron chi connectivity index (χ3n) is 3.87. The zero-order valence-electron chi connectivity index (χ0n) is 11.1. The highest BCUT2D eigenvalue weighted by Crippen LogP contribution is 2.36. The number of rotatable bonds is 1. The van der Waals surface area contributed by atoms with Crippen LogP contribution in [0, 0.1) is 5.82 Å². The van der Waals surface area contributed by atoms with Gasteiger partial charge in [0.1, 0.15) is 5.82 Å². The molecule has 1 aromatic heterocycles. The summed E-state index contributed by atoms with van der Waals surface area (Å²) >= 11 is 6.23. The molecule has 0 unspecified atom stereocenters. The smallest absolute Gasteiger partial charge is 0.132 e. The topological polar surface area (TPSA) is 12.9 Å². The summed E-state index contributed by atoms with van der Waals surface area (Å²) in [6.45, 7) is 0. The second-order valence-electron chi connectivity index (χ2n) is 5.09. The summed E-state index contributed by atoms with van der Waals surface area (Å²) in [4.78, 5) is 4.60. The Labute approximate surface area is 126 Å². The van der Waals surface area contributed by atoms with Gasteiger partial charge in [0, 0.05) is 16.0 Å². The van der Waals surface area contributed by atoms with Crippen molar-refractivity contribution in [2.24, 2.45) is 0 Å². The predicted molar refractivity (Wildman–Crippen MR) is 83.9 cm³/mol. The number of halogens is 2. The molecule has 0 bridgehead atoms. The fourth-order valence-electron chi connectivity index (χ4n) is 2.84. The molecule has 0 spiro atoms. The van der Waals surface area contributed by atoms with Crippen molar-refractivity contribution in [3.8, 4) is 0 Å². The third-order valence-corrected chi connectivity index (χ3v) is 4.23. The van der Waals surface area contributed by atoms with E-state index in [0.29, 0.717) is 10.9 Å². The zero-order valence-corrected chi connectivity index (χ0v) is 11.9. The lowest BCUT2D eigenvalue weighted by molar-refractivity contribution is 0.639. The zero-order chi connectivity index (χ0) is 14.4. The summed E-state index contributed by atoms with van der Waals surface area (Å²) in [7, 11) is 0. The van der Waals surface area contributed by atoms with Crippen LogP contribution in [0.15, 0.2) is 54.6 Å². The van der Waals surface area contributed by atoms with Crippen LogP contribution in [0.1, 0.15) is 16.8 Å². The number of hydrogen-bond donors (Lipinski definition) is 0. The van der Waals surface area contributed by atoms with Crippen molar-refractivity contribution in [1.82, 2.24) is 4.98 Å². The van der Waals surface area contributed by atoms with Gasteiger partial charge < -0.3 is 0 Å². The van der Waals surface area contributed by atoms with Crippen molar-refractivity contribution in [2.75, 3.05) is 0 Å². The van der Waals surface area contributed by atoms with E-state index in [9.17, 15) is 4.39 Å². The van der Waals surface area contributed by atoms with Gasteiger partial charge in [0.15, 0.2) is 0 Å². The lowest BCUT2D eigenvalue weighted by Crippen LogP contribution is -1.92. The SMILES string of the molecule is Fc1cccc2nc(C3=CCc4c(Cl)cccc43)ccc12. The predicted octanol–water partition coefficient (Wildman–Crippen LogP) is 5.02. The first-order chi connectivity index (χ1) is 10.2. The van der Waals surface area contributed by atoms with E-state index in [1.807, 2.05) is 24.3 Å². The minimum atomic E-state index is -0.240. The van der Waals surface area contributed by atoms with E-state index in [1.165, 1.54) is 6.07 Å². The molecule has 1 nitrogen and oxygen atoms in total. The van der Waals surface area contributed by atoms with Gasteiger partial charge in [-0.3, -0.25) is 0 Å². The second-order valence-corrected chi connectivity index (χ2v) is 5.50. The molecule has 0 saturated heterocycles. The molecule has 0 aliphatic heterocycles. The van der Waals surface area contributed by atoms with Crippen LogP contribution in [0.3, 0.4) is 0 Å². The van der Waals surface area contributed by atoms with Crippen molar-refractivity contribution in [2.45, 2.75) is 6.42 Å². The van der Waals surface area contributed by atoms with E-state index in [2.05, 4.69) is 17.1 Å². The Hall–Kier alpha value is -2.19. The molecule has 1 aliphatic carbocycles. The molecule has 1 heterocycles. The van der Waals surface area contributed by atoms with Gasteiger partial charge in [0.05, 0.1) is 11.2 Å². The molecule has 0 amide bonds. The van der Waals surface area contributed by atoms with Crippen LogP contribution in [0.5, 0.6) is 0 Å². The summed E-state index contributed by atoms with van der Waals surface area (Å²) < 4.78 is 13.7. The molecule has 2 aromatic carbocycles. The largest absolute Gasteiger partial charge is 0.248 e. The number of fused-ring (bicyclic) bond motifs is 2. The van der Waals surface area contributed by atoms with Crippen molar-refractivity contribution in [3.05, 3.63) is 82.3 Å². The maximum absolute atomic E-state index is 13.7. The van der Waals surface area contributed by atoms with Crippen LogP contribution in [-0.4, -0.2) is 4.98 Å². The van der Waals surface area contributed by atoms with E-state index in [-0.39, 0.29) is 5.82 Å². The molecule has 0 radical (unpaired) electrons. The van der Waals surface area contributed by atoms with Gasteiger partial charge in [0.2, 0.25) is 0 Å². The van der Waals surface area contributed by atoms with Gasteiger partial charge in [-0.25, -0.2) is 9.37 Å². The lowest BCUT2D eigenvalue weighted by Gasteiger charge is -2.08.